The van der Waals surface area contributed by atoms with Gasteiger partial charge in [-0.2, -0.15) is 13.2 Å². The first kappa shape index (κ1) is 13.3. The number of alkyl halides is 3. The Morgan fingerprint density at radius 1 is 1.53 bits per heavy atom. The fraction of sp³-hybridized carbons (Fsp3) is 0.400. The standard InChI is InChI=1S/C10H11F3N2O2/c1-2-17-9(16)4-6-3-8(14)15-5-7(6)10(11,12)13/h3,5H,2,4H2,1H3,(H2,14,15). The van der Waals surface area contributed by atoms with Crippen molar-refractivity contribution in [2.24, 2.45) is 0 Å². The van der Waals surface area contributed by atoms with Gasteiger partial charge in [-0.1, -0.05) is 0 Å². The molecule has 0 spiro atoms. The average Bonchev–Trinajstić information content (AvgIpc) is 2.15. The molecule has 94 valence electrons. The molecule has 0 aromatic carbocycles. The quantitative estimate of drug-likeness (QED) is 0.828. The van der Waals surface area contributed by atoms with E-state index in [-0.39, 0.29) is 18.0 Å². The first-order valence-corrected chi connectivity index (χ1v) is 4.81. The third-order valence-electron chi connectivity index (χ3n) is 1.96. The van der Waals surface area contributed by atoms with Gasteiger partial charge in [-0.15, -0.1) is 0 Å². The second kappa shape index (κ2) is 5.03. The van der Waals surface area contributed by atoms with E-state index in [9.17, 15) is 18.0 Å². The largest absolute Gasteiger partial charge is 0.466 e. The molecule has 0 saturated heterocycles. The lowest BCUT2D eigenvalue weighted by molar-refractivity contribution is -0.143. The van der Waals surface area contributed by atoms with Crippen molar-refractivity contribution in [3.8, 4) is 0 Å². The summed E-state index contributed by atoms with van der Waals surface area (Å²) in [5.41, 5.74) is 4.08. The van der Waals surface area contributed by atoms with Crippen LogP contribution in [0.25, 0.3) is 0 Å². The molecular weight excluding hydrogens is 237 g/mol. The summed E-state index contributed by atoms with van der Waals surface area (Å²) in [5, 5.41) is 0. The number of anilines is 1. The van der Waals surface area contributed by atoms with Gasteiger partial charge in [0.1, 0.15) is 5.82 Å². The number of ether oxygens (including phenoxy) is 1. The number of carbonyl (C=O) groups is 1. The molecular formula is C10H11F3N2O2. The van der Waals surface area contributed by atoms with Crippen molar-refractivity contribution >= 4 is 11.8 Å². The fourth-order valence-corrected chi connectivity index (χ4v) is 1.28. The average molecular weight is 248 g/mol. The van der Waals surface area contributed by atoms with Crippen LogP contribution in [0.1, 0.15) is 18.1 Å². The Morgan fingerprint density at radius 3 is 2.71 bits per heavy atom. The van der Waals surface area contributed by atoms with Gasteiger partial charge in [0.25, 0.3) is 0 Å². The smallest absolute Gasteiger partial charge is 0.418 e. The summed E-state index contributed by atoms with van der Waals surface area (Å²) in [5.74, 6) is -0.805. The Balaban J connectivity index is 3.04. The van der Waals surface area contributed by atoms with Gasteiger partial charge in [0, 0.05) is 6.20 Å². The predicted molar refractivity (Wildman–Crippen MR) is 54.0 cm³/mol. The first-order chi connectivity index (χ1) is 7.84. The van der Waals surface area contributed by atoms with Gasteiger partial charge in [0.15, 0.2) is 0 Å². The number of hydrogen-bond acceptors (Lipinski definition) is 4. The highest BCUT2D eigenvalue weighted by atomic mass is 19.4. The number of nitrogens with two attached hydrogens (primary N) is 1. The molecule has 1 heterocycles. The molecule has 2 N–H and O–H groups in total. The zero-order chi connectivity index (χ0) is 13.1. The number of halogens is 3. The zero-order valence-corrected chi connectivity index (χ0v) is 9.04. The van der Waals surface area contributed by atoms with Crippen molar-refractivity contribution in [1.82, 2.24) is 4.98 Å². The molecule has 1 aromatic rings. The van der Waals surface area contributed by atoms with E-state index in [1.807, 2.05) is 0 Å². The fourth-order valence-electron chi connectivity index (χ4n) is 1.28. The molecule has 1 rings (SSSR count). The SMILES string of the molecule is CCOC(=O)Cc1cc(N)ncc1C(F)(F)F. The molecule has 7 heteroatoms. The molecule has 0 atom stereocenters. The van der Waals surface area contributed by atoms with Crippen LogP contribution in [0.15, 0.2) is 12.3 Å². The number of pyridine rings is 1. The van der Waals surface area contributed by atoms with Crippen molar-refractivity contribution in [3.05, 3.63) is 23.4 Å². The zero-order valence-electron chi connectivity index (χ0n) is 9.04. The van der Waals surface area contributed by atoms with E-state index in [1.165, 1.54) is 0 Å². The lowest BCUT2D eigenvalue weighted by atomic mass is 10.1. The van der Waals surface area contributed by atoms with Gasteiger partial charge < -0.3 is 10.5 Å². The molecule has 0 amide bonds. The minimum absolute atomic E-state index is 0.0719. The van der Waals surface area contributed by atoms with E-state index < -0.39 is 24.1 Å². The molecule has 0 fully saturated rings. The van der Waals surface area contributed by atoms with E-state index in [1.54, 1.807) is 6.92 Å². The third-order valence-corrected chi connectivity index (χ3v) is 1.96. The van der Waals surface area contributed by atoms with Gasteiger partial charge >= 0.3 is 12.1 Å². The normalized spacial score (nSPS) is 11.3. The van der Waals surface area contributed by atoms with Crippen LogP contribution in [-0.2, 0) is 22.1 Å². The maximum atomic E-state index is 12.6. The minimum Gasteiger partial charge on any atom is -0.466 e. The van der Waals surface area contributed by atoms with Crippen LogP contribution in [0, 0.1) is 0 Å². The van der Waals surface area contributed by atoms with Crippen LogP contribution in [0.3, 0.4) is 0 Å². The molecule has 17 heavy (non-hydrogen) atoms. The molecule has 0 radical (unpaired) electrons. The van der Waals surface area contributed by atoms with Crippen LogP contribution in [0.4, 0.5) is 19.0 Å². The third kappa shape index (κ3) is 3.61. The van der Waals surface area contributed by atoms with Crippen molar-refractivity contribution < 1.29 is 22.7 Å². The summed E-state index contributed by atoms with van der Waals surface area (Å²) < 4.78 is 42.3. The number of nitrogen functional groups attached to an aromatic ring is 1. The number of nitrogens with zero attached hydrogens (tertiary/aromatic N) is 1. The maximum Gasteiger partial charge on any atom is 0.418 e. The number of carbonyl (C=O) groups excluding carboxylic acids is 1. The second-order valence-electron chi connectivity index (χ2n) is 3.25. The first-order valence-electron chi connectivity index (χ1n) is 4.81. The highest BCUT2D eigenvalue weighted by Crippen LogP contribution is 2.32. The summed E-state index contributed by atoms with van der Waals surface area (Å²) in [6.07, 6.45) is -4.43. The van der Waals surface area contributed by atoms with Gasteiger partial charge in [0.05, 0.1) is 18.6 Å². The van der Waals surface area contributed by atoms with E-state index in [2.05, 4.69) is 9.72 Å². The number of esters is 1. The van der Waals surface area contributed by atoms with Crippen LogP contribution in [0.5, 0.6) is 0 Å². The molecule has 0 unspecified atom stereocenters. The molecule has 0 bridgehead atoms. The van der Waals surface area contributed by atoms with Crippen molar-refractivity contribution in [2.75, 3.05) is 12.3 Å². The lowest BCUT2D eigenvalue weighted by Gasteiger charge is -2.12. The van der Waals surface area contributed by atoms with Gasteiger partial charge in [0.2, 0.25) is 0 Å². The summed E-state index contributed by atoms with van der Waals surface area (Å²) >= 11 is 0. The topological polar surface area (TPSA) is 65.2 Å². The van der Waals surface area contributed by atoms with E-state index in [0.29, 0.717) is 6.20 Å². The van der Waals surface area contributed by atoms with Gasteiger partial charge in [-0.25, -0.2) is 4.98 Å². The van der Waals surface area contributed by atoms with Crippen LogP contribution in [0.2, 0.25) is 0 Å². The van der Waals surface area contributed by atoms with E-state index in [4.69, 9.17) is 5.73 Å². The van der Waals surface area contributed by atoms with Gasteiger partial charge in [-0.05, 0) is 18.6 Å². The van der Waals surface area contributed by atoms with Crippen molar-refractivity contribution in [2.45, 2.75) is 19.5 Å². The molecule has 0 aliphatic rings. The summed E-state index contributed by atoms with van der Waals surface area (Å²) in [6.45, 7) is 1.68. The van der Waals surface area contributed by atoms with E-state index >= 15 is 0 Å². The second-order valence-corrected chi connectivity index (χ2v) is 3.25. The van der Waals surface area contributed by atoms with Gasteiger partial charge in [-0.3, -0.25) is 4.79 Å². The maximum absolute atomic E-state index is 12.6. The Labute approximate surface area is 95.6 Å². The number of hydrogen-bond donors (Lipinski definition) is 1. The molecule has 4 nitrogen and oxygen atoms in total. The van der Waals surface area contributed by atoms with Crippen LogP contribution >= 0.6 is 0 Å². The highest BCUT2D eigenvalue weighted by Gasteiger charge is 2.34. The predicted octanol–water partition coefficient (Wildman–Crippen LogP) is 1.79. The molecule has 0 saturated carbocycles. The summed E-state index contributed by atoms with van der Waals surface area (Å²) in [7, 11) is 0. The minimum atomic E-state index is -4.57. The van der Waals surface area contributed by atoms with Crippen molar-refractivity contribution in [1.29, 1.82) is 0 Å². The Morgan fingerprint density at radius 2 is 2.18 bits per heavy atom. The van der Waals surface area contributed by atoms with Crippen molar-refractivity contribution in [3.63, 3.8) is 0 Å². The Hall–Kier alpha value is -1.79. The number of rotatable bonds is 3. The number of aromatic nitrogens is 1. The molecule has 0 aliphatic carbocycles. The van der Waals surface area contributed by atoms with E-state index in [0.717, 1.165) is 6.07 Å². The molecule has 1 aromatic heterocycles. The Bertz CT molecular complexity index is 419. The van der Waals surface area contributed by atoms with Crippen LogP contribution < -0.4 is 5.73 Å². The Kier molecular flexibility index (Phi) is 3.93. The summed E-state index contributed by atoms with van der Waals surface area (Å²) in [4.78, 5) is 14.5. The van der Waals surface area contributed by atoms with Crippen LogP contribution in [-0.4, -0.2) is 17.6 Å². The lowest BCUT2D eigenvalue weighted by Crippen LogP contribution is -2.15. The summed E-state index contributed by atoms with van der Waals surface area (Å²) in [6, 6.07) is 1.03. The monoisotopic (exact) mass is 248 g/mol. The molecule has 0 aliphatic heterocycles. The highest BCUT2D eigenvalue weighted by molar-refractivity contribution is 5.73.